The summed E-state index contributed by atoms with van der Waals surface area (Å²) in [6.07, 6.45) is 2.50. The number of benzene rings is 2. The number of aromatic hydroxyl groups is 1. The van der Waals surface area contributed by atoms with Crippen LogP contribution >= 0.6 is 0 Å². The van der Waals surface area contributed by atoms with Crippen molar-refractivity contribution in [1.29, 1.82) is 0 Å². The van der Waals surface area contributed by atoms with E-state index in [-0.39, 0.29) is 36.3 Å². The van der Waals surface area contributed by atoms with Crippen LogP contribution in [0.4, 0.5) is 0 Å². The van der Waals surface area contributed by atoms with Gasteiger partial charge in [-0.3, -0.25) is 4.79 Å². The number of aliphatic hydroxyl groups excluding tert-OH is 1. The number of ether oxygens (including phenoxy) is 2. The molecule has 4 rings (SSSR count). The van der Waals surface area contributed by atoms with Gasteiger partial charge in [0.2, 0.25) is 5.91 Å². The molecule has 2 fully saturated rings. The lowest BCUT2D eigenvalue weighted by Crippen LogP contribution is -2.41. The highest BCUT2D eigenvalue weighted by atomic mass is 16.5. The monoisotopic (exact) mass is 469 g/mol. The van der Waals surface area contributed by atoms with Crippen molar-refractivity contribution in [2.45, 2.75) is 51.2 Å². The zero-order valence-electron chi connectivity index (χ0n) is 19.9. The first-order chi connectivity index (χ1) is 16.6. The summed E-state index contributed by atoms with van der Waals surface area (Å²) in [5.41, 5.74) is 8.10. The number of carbonyl (C=O) groups is 1. The Morgan fingerprint density at radius 1 is 1.00 bits per heavy atom. The number of likely N-dealkylation sites (tertiary alicyclic amines) is 1. The summed E-state index contributed by atoms with van der Waals surface area (Å²) in [7, 11) is 0. The first-order valence-electron chi connectivity index (χ1n) is 12.2. The van der Waals surface area contributed by atoms with E-state index in [1.807, 2.05) is 42.2 Å². The molecule has 2 saturated heterocycles. The van der Waals surface area contributed by atoms with Crippen LogP contribution in [0.15, 0.2) is 42.5 Å². The number of aliphatic hydroxyl groups is 1. The second kappa shape index (κ2) is 11.1. The molecule has 0 radical (unpaired) electrons. The minimum absolute atomic E-state index is 0.00875. The van der Waals surface area contributed by atoms with Crippen LogP contribution in [0.25, 0.3) is 0 Å². The molecule has 4 unspecified atom stereocenters. The predicted octanol–water partition coefficient (Wildman–Crippen LogP) is 3.07. The number of unbranched alkanes of at least 4 members (excludes halogenated alkanes) is 1. The van der Waals surface area contributed by atoms with Gasteiger partial charge in [0.05, 0.1) is 25.3 Å². The van der Waals surface area contributed by atoms with Crippen LogP contribution in [0.2, 0.25) is 0 Å². The fraction of sp³-hybridized carbons (Fsp3) is 0.500. The first-order valence-corrected chi connectivity index (χ1v) is 12.2. The minimum Gasteiger partial charge on any atom is -0.508 e. The summed E-state index contributed by atoms with van der Waals surface area (Å²) in [5.74, 6) is 1.36. The molecule has 2 aliphatic heterocycles. The van der Waals surface area contributed by atoms with Crippen molar-refractivity contribution < 1.29 is 24.5 Å². The standard InChI is InChI=1S/C26H35N3O5/c1-3-5-15-34-20-12-11-17(16-21(20)33-4-2)25-22-23(18-9-6-7-10-19(18)31)27-28-24(22)26(32)29(25)13-8-14-30/h6-7,9-12,16,22-25,27-28,30-31H,3-5,8,13-15H2,1-2H3. The number of nitrogens with zero attached hydrogens (tertiary/aromatic N) is 1. The predicted molar refractivity (Wildman–Crippen MR) is 129 cm³/mol. The molecule has 8 nitrogen and oxygen atoms in total. The number of phenols is 1. The number of nitrogens with one attached hydrogen (secondary N) is 2. The van der Waals surface area contributed by atoms with Gasteiger partial charge in [0.15, 0.2) is 11.5 Å². The second-order valence-electron chi connectivity index (χ2n) is 8.78. The van der Waals surface area contributed by atoms with E-state index in [0.717, 1.165) is 24.0 Å². The first kappa shape index (κ1) is 24.3. The number of carbonyl (C=O) groups excluding carboxylic acids is 1. The van der Waals surface area contributed by atoms with Gasteiger partial charge in [-0.15, -0.1) is 0 Å². The Kier molecular flexibility index (Phi) is 7.92. The van der Waals surface area contributed by atoms with Gasteiger partial charge >= 0.3 is 0 Å². The molecule has 0 spiro atoms. The number of hydrazine groups is 1. The number of phenolic OH excluding ortho intramolecular Hbond substituents is 1. The molecular formula is C26H35N3O5. The van der Waals surface area contributed by atoms with Gasteiger partial charge in [0, 0.05) is 24.6 Å². The average molecular weight is 470 g/mol. The lowest BCUT2D eigenvalue weighted by molar-refractivity contribution is -0.130. The van der Waals surface area contributed by atoms with Crippen molar-refractivity contribution in [2.24, 2.45) is 5.92 Å². The maximum absolute atomic E-state index is 13.4. The van der Waals surface area contributed by atoms with Gasteiger partial charge in [-0.2, -0.15) is 0 Å². The highest BCUT2D eigenvalue weighted by Crippen LogP contribution is 2.49. The molecule has 2 aromatic carbocycles. The van der Waals surface area contributed by atoms with Gasteiger partial charge in [-0.25, -0.2) is 10.9 Å². The molecule has 0 bridgehead atoms. The van der Waals surface area contributed by atoms with E-state index in [1.165, 1.54) is 0 Å². The molecule has 184 valence electrons. The summed E-state index contributed by atoms with van der Waals surface area (Å²) in [4.78, 5) is 15.3. The Hall–Kier alpha value is -2.81. The largest absolute Gasteiger partial charge is 0.508 e. The Morgan fingerprint density at radius 2 is 1.79 bits per heavy atom. The SMILES string of the molecule is CCCCOc1ccc(C2C3C(NNC3c3ccccc3O)C(=O)N2CCCO)cc1OCC. The van der Waals surface area contributed by atoms with Gasteiger partial charge in [-0.05, 0) is 43.5 Å². The van der Waals surface area contributed by atoms with Gasteiger partial charge < -0.3 is 24.6 Å². The Balaban J connectivity index is 1.73. The lowest BCUT2D eigenvalue weighted by atomic mass is 9.83. The fourth-order valence-corrected chi connectivity index (χ4v) is 5.03. The summed E-state index contributed by atoms with van der Waals surface area (Å²) >= 11 is 0. The number of hydrogen-bond acceptors (Lipinski definition) is 7. The van der Waals surface area contributed by atoms with Crippen molar-refractivity contribution in [3.05, 3.63) is 53.6 Å². The van der Waals surface area contributed by atoms with Crippen molar-refractivity contribution in [2.75, 3.05) is 26.4 Å². The number of fused-ring (bicyclic) bond motifs is 1. The maximum Gasteiger partial charge on any atom is 0.242 e. The van der Waals surface area contributed by atoms with Crippen LogP contribution in [-0.2, 0) is 4.79 Å². The normalized spacial score (nSPS) is 23.9. The van der Waals surface area contributed by atoms with E-state index in [4.69, 9.17) is 9.47 Å². The second-order valence-corrected chi connectivity index (χ2v) is 8.78. The molecule has 0 saturated carbocycles. The summed E-state index contributed by atoms with van der Waals surface area (Å²) < 4.78 is 11.9. The van der Waals surface area contributed by atoms with Crippen molar-refractivity contribution >= 4 is 5.91 Å². The van der Waals surface area contributed by atoms with Crippen LogP contribution in [0, 0.1) is 5.92 Å². The Morgan fingerprint density at radius 3 is 2.53 bits per heavy atom. The zero-order valence-corrected chi connectivity index (χ0v) is 19.9. The highest BCUT2D eigenvalue weighted by molar-refractivity contribution is 5.86. The molecule has 34 heavy (non-hydrogen) atoms. The molecule has 0 aromatic heterocycles. The highest BCUT2D eigenvalue weighted by Gasteiger charge is 2.55. The number of hydrogen-bond donors (Lipinski definition) is 4. The molecule has 1 amide bonds. The number of amides is 1. The van der Waals surface area contributed by atoms with Gasteiger partial charge in [0.25, 0.3) is 0 Å². The van der Waals surface area contributed by atoms with E-state index < -0.39 is 6.04 Å². The van der Waals surface area contributed by atoms with Crippen LogP contribution < -0.4 is 20.3 Å². The number of para-hydroxylation sites is 1. The molecule has 4 N–H and O–H groups in total. The third-order valence-electron chi connectivity index (χ3n) is 6.61. The van der Waals surface area contributed by atoms with Gasteiger partial charge in [0.1, 0.15) is 11.8 Å². The Labute approximate surface area is 200 Å². The summed E-state index contributed by atoms with van der Waals surface area (Å²) in [6, 6.07) is 12.1. The van der Waals surface area contributed by atoms with Crippen molar-refractivity contribution in [3.8, 4) is 17.2 Å². The third-order valence-corrected chi connectivity index (χ3v) is 6.61. The zero-order chi connectivity index (χ0) is 24.1. The molecule has 2 aromatic rings. The van der Waals surface area contributed by atoms with Crippen LogP contribution in [0.3, 0.4) is 0 Å². The quantitative estimate of drug-likeness (QED) is 0.375. The molecule has 4 atom stereocenters. The van der Waals surface area contributed by atoms with Crippen molar-refractivity contribution in [3.63, 3.8) is 0 Å². The van der Waals surface area contributed by atoms with E-state index in [9.17, 15) is 15.0 Å². The molecule has 2 heterocycles. The molecule has 8 heteroatoms. The van der Waals surface area contributed by atoms with E-state index in [1.54, 1.807) is 12.1 Å². The van der Waals surface area contributed by atoms with Gasteiger partial charge in [-0.1, -0.05) is 37.6 Å². The maximum atomic E-state index is 13.4. The molecule has 2 aliphatic rings. The smallest absolute Gasteiger partial charge is 0.242 e. The fourth-order valence-electron chi connectivity index (χ4n) is 5.03. The van der Waals surface area contributed by atoms with E-state index in [0.29, 0.717) is 37.7 Å². The number of rotatable bonds is 11. The summed E-state index contributed by atoms with van der Waals surface area (Å²) in [5, 5.41) is 20.0. The Bertz CT molecular complexity index is 985. The molecule has 0 aliphatic carbocycles. The third kappa shape index (κ3) is 4.71. The van der Waals surface area contributed by atoms with Crippen LogP contribution in [0.5, 0.6) is 17.2 Å². The summed E-state index contributed by atoms with van der Waals surface area (Å²) in [6.45, 7) is 5.63. The molecular weight excluding hydrogens is 434 g/mol. The van der Waals surface area contributed by atoms with E-state index >= 15 is 0 Å². The van der Waals surface area contributed by atoms with Crippen molar-refractivity contribution in [1.82, 2.24) is 15.8 Å². The minimum atomic E-state index is -0.440. The van der Waals surface area contributed by atoms with Crippen LogP contribution in [-0.4, -0.2) is 53.4 Å². The average Bonchev–Trinajstić information content (AvgIpc) is 3.38. The topological polar surface area (TPSA) is 103 Å². The van der Waals surface area contributed by atoms with Crippen LogP contribution in [0.1, 0.15) is 56.3 Å². The van der Waals surface area contributed by atoms with E-state index in [2.05, 4.69) is 17.8 Å². The lowest BCUT2D eigenvalue weighted by Gasteiger charge is -2.31.